The van der Waals surface area contributed by atoms with E-state index in [1.807, 2.05) is 51.9 Å². The van der Waals surface area contributed by atoms with E-state index in [2.05, 4.69) is 0 Å². The number of aromatic nitrogens is 2. The number of hydrogen-bond acceptors (Lipinski definition) is 5. The smallest absolute Gasteiger partial charge is 0.403 e. The van der Waals surface area contributed by atoms with Crippen molar-refractivity contribution in [3.8, 4) is 5.69 Å². The summed E-state index contributed by atoms with van der Waals surface area (Å²) in [7, 11) is 1.42. The van der Waals surface area contributed by atoms with Crippen molar-refractivity contribution >= 4 is 23.7 Å². The van der Waals surface area contributed by atoms with Gasteiger partial charge in [0.25, 0.3) is 11.2 Å². The van der Waals surface area contributed by atoms with Crippen molar-refractivity contribution in [2.45, 2.75) is 45.7 Å². The van der Waals surface area contributed by atoms with E-state index in [1.165, 1.54) is 10.7 Å². The van der Waals surface area contributed by atoms with Crippen LogP contribution in [0.1, 0.15) is 31.9 Å². The molecule has 0 N–H and O–H groups in total. The van der Waals surface area contributed by atoms with Crippen molar-refractivity contribution in [1.29, 1.82) is 0 Å². The first-order valence-electron chi connectivity index (χ1n) is 9.79. The minimum atomic E-state index is -0.702. The van der Waals surface area contributed by atoms with Gasteiger partial charge in [0.05, 0.1) is 27.1 Å². The van der Waals surface area contributed by atoms with Crippen molar-refractivity contribution in [2.24, 2.45) is 7.05 Å². The summed E-state index contributed by atoms with van der Waals surface area (Å²) in [4.78, 5) is 24.0. The summed E-state index contributed by atoms with van der Waals surface area (Å²) in [5, 5.41) is 11.6. The fourth-order valence-corrected chi connectivity index (χ4v) is 4.34. The van der Waals surface area contributed by atoms with E-state index in [0.717, 1.165) is 5.56 Å². The molecule has 4 rings (SSSR count). The maximum Gasteiger partial charge on any atom is 0.454 e. The third-order valence-corrected chi connectivity index (χ3v) is 6.24. The van der Waals surface area contributed by atoms with E-state index >= 15 is 0 Å². The van der Waals surface area contributed by atoms with E-state index in [9.17, 15) is 14.9 Å². The molecular formula is C21H24BN3O5. The zero-order valence-corrected chi connectivity index (χ0v) is 17.9. The average molecular weight is 409 g/mol. The molecule has 156 valence electrons. The summed E-state index contributed by atoms with van der Waals surface area (Å²) in [6.07, 6.45) is 0. The second-order valence-electron chi connectivity index (χ2n) is 8.45. The average Bonchev–Trinajstić information content (AvgIpc) is 3.03. The van der Waals surface area contributed by atoms with E-state index in [4.69, 9.17) is 9.31 Å². The Balaban J connectivity index is 1.91. The van der Waals surface area contributed by atoms with E-state index in [0.29, 0.717) is 22.2 Å². The lowest BCUT2D eigenvalue weighted by Gasteiger charge is -2.37. The van der Waals surface area contributed by atoms with Crippen LogP contribution < -0.4 is 5.56 Å². The molecule has 2 heterocycles. The number of nitrogens with zero attached hydrogens (tertiary/aromatic N) is 3. The molecule has 30 heavy (non-hydrogen) atoms. The Morgan fingerprint density at radius 2 is 1.83 bits per heavy atom. The summed E-state index contributed by atoms with van der Waals surface area (Å²) in [5.41, 5.74) is 1.03. The van der Waals surface area contributed by atoms with Gasteiger partial charge in [-0.05, 0) is 58.3 Å². The van der Waals surface area contributed by atoms with Crippen molar-refractivity contribution in [1.82, 2.24) is 9.36 Å². The van der Waals surface area contributed by atoms with Gasteiger partial charge in [-0.1, -0.05) is 12.1 Å². The minimum Gasteiger partial charge on any atom is -0.403 e. The van der Waals surface area contributed by atoms with Gasteiger partial charge >= 0.3 is 7.12 Å². The third-order valence-electron chi connectivity index (χ3n) is 6.24. The maximum atomic E-state index is 13.2. The van der Waals surface area contributed by atoms with E-state index < -0.39 is 16.1 Å². The molecule has 9 heteroatoms. The SMILES string of the molecule is CB1OC(C)(C)C(C)(c2cccc(-n3c(=O)c4cc([N+](=O)[O-])c(C)cc4n3C)c2)O1. The van der Waals surface area contributed by atoms with Gasteiger partial charge in [0.2, 0.25) is 0 Å². The summed E-state index contributed by atoms with van der Waals surface area (Å²) in [6, 6.07) is 10.6. The molecule has 8 nitrogen and oxygen atoms in total. The molecule has 1 aliphatic heterocycles. The zero-order valence-electron chi connectivity index (χ0n) is 17.9. The predicted octanol–water partition coefficient (Wildman–Crippen LogP) is 3.70. The third kappa shape index (κ3) is 2.80. The molecule has 2 aromatic carbocycles. The second kappa shape index (κ2) is 6.55. The standard InChI is InChI=1S/C21H24BN3O5/c1-13-10-18-16(12-17(13)25(27)28)19(26)24(23(18)6)15-9-7-8-14(11-15)21(4)20(2,3)29-22(5)30-21/h7-12H,1-6H3. The second-order valence-corrected chi connectivity index (χ2v) is 8.45. The topological polar surface area (TPSA) is 88.5 Å². The Kier molecular flexibility index (Phi) is 4.45. The summed E-state index contributed by atoms with van der Waals surface area (Å²) < 4.78 is 15.3. The number of fused-ring (bicyclic) bond motifs is 1. The van der Waals surface area contributed by atoms with Gasteiger partial charge in [-0.25, -0.2) is 4.68 Å². The van der Waals surface area contributed by atoms with Crippen molar-refractivity contribution < 1.29 is 14.2 Å². The molecule has 1 aromatic heterocycles. The molecular weight excluding hydrogens is 385 g/mol. The number of benzene rings is 2. The van der Waals surface area contributed by atoms with Gasteiger partial charge in [0.15, 0.2) is 0 Å². The highest BCUT2D eigenvalue weighted by Crippen LogP contribution is 2.45. The normalized spacial score (nSPS) is 20.8. The Morgan fingerprint density at radius 1 is 1.13 bits per heavy atom. The summed E-state index contributed by atoms with van der Waals surface area (Å²) in [5.74, 6) is 0. The van der Waals surface area contributed by atoms with Crippen LogP contribution in [-0.2, 0) is 22.0 Å². The van der Waals surface area contributed by atoms with E-state index in [1.54, 1.807) is 24.7 Å². The molecule has 1 unspecified atom stereocenters. The quantitative estimate of drug-likeness (QED) is 0.374. The Bertz CT molecular complexity index is 1250. The molecule has 1 saturated heterocycles. The van der Waals surface area contributed by atoms with E-state index in [-0.39, 0.29) is 18.4 Å². The number of aryl methyl sites for hydroxylation is 2. The first-order valence-corrected chi connectivity index (χ1v) is 9.79. The molecule has 1 aliphatic rings. The number of nitro benzene ring substituents is 1. The van der Waals surface area contributed by atoms with Crippen LogP contribution >= 0.6 is 0 Å². The molecule has 0 radical (unpaired) electrons. The highest BCUT2D eigenvalue weighted by Gasteiger charge is 2.53. The monoisotopic (exact) mass is 409 g/mol. The van der Waals surface area contributed by atoms with Crippen LogP contribution in [0, 0.1) is 17.0 Å². The predicted molar refractivity (Wildman–Crippen MR) is 115 cm³/mol. The lowest BCUT2D eigenvalue weighted by Crippen LogP contribution is -2.42. The van der Waals surface area contributed by atoms with Crippen molar-refractivity contribution in [3.05, 3.63) is 68.0 Å². The molecule has 1 atom stereocenters. The highest BCUT2D eigenvalue weighted by atomic mass is 16.7. The molecule has 1 fully saturated rings. The fourth-order valence-electron chi connectivity index (χ4n) is 4.34. The van der Waals surface area contributed by atoms with Gasteiger partial charge in [0.1, 0.15) is 5.60 Å². The molecule has 0 saturated carbocycles. The van der Waals surface area contributed by atoms with Gasteiger partial charge in [-0.3, -0.25) is 19.6 Å². The largest absolute Gasteiger partial charge is 0.454 e. The summed E-state index contributed by atoms with van der Waals surface area (Å²) >= 11 is 0. The molecule has 0 aliphatic carbocycles. The highest BCUT2D eigenvalue weighted by molar-refractivity contribution is 6.43. The molecule has 3 aromatic rings. The summed E-state index contributed by atoms with van der Waals surface area (Å²) in [6.45, 7) is 9.47. The van der Waals surface area contributed by atoms with Crippen LogP contribution in [0.15, 0.2) is 41.2 Å². The van der Waals surface area contributed by atoms with Gasteiger partial charge in [0, 0.05) is 18.7 Å². The maximum absolute atomic E-state index is 13.2. The first-order chi connectivity index (χ1) is 14.0. The fraction of sp³-hybridized carbons (Fsp3) is 0.381. The van der Waals surface area contributed by atoms with Gasteiger partial charge in [-0.15, -0.1) is 0 Å². The van der Waals surface area contributed by atoms with Crippen molar-refractivity contribution in [3.63, 3.8) is 0 Å². The van der Waals surface area contributed by atoms with Gasteiger partial charge in [-0.2, -0.15) is 0 Å². The molecule has 0 bridgehead atoms. The lowest BCUT2D eigenvalue weighted by atomic mass is 9.81. The minimum absolute atomic E-state index is 0.0640. The Labute approximate surface area is 174 Å². The first kappa shape index (κ1) is 20.4. The number of rotatable bonds is 3. The Hall–Kier alpha value is -2.91. The van der Waals surface area contributed by atoms with Crippen LogP contribution in [0.3, 0.4) is 0 Å². The molecule has 0 spiro atoms. The van der Waals surface area contributed by atoms with Crippen LogP contribution in [0.5, 0.6) is 0 Å². The van der Waals surface area contributed by atoms with Crippen LogP contribution in [0.25, 0.3) is 16.6 Å². The number of hydrogen-bond donors (Lipinski definition) is 0. The van der Waals surface area contributed by atoms with Crippen LogP contribution in [0.4, 0.5) is 5.69 Å². The molecule has 0 amide bonds. The Morgan fingerprint density at radius 3 is 2.43 bits per heavy atom. The zero-order chi connectivity index (χ0) is 22.0. The van der Waals surface area contributed by atoms with Crippen LogP contribution in [-0.4, -0.2) is 27.0 Å². The van der Waals surface area contributed by atoms with Gasteiger partial charge < -0.3 is 9.31 Å². The number of nitro groups is 1. The lowest BCUT2D eigenvalue weighted by molar-refractivity contribution is -0.385. The van der Waals surface area contributed by atoms with Crippen LogP contribution in [0.2, 0.25) is 6.82 Å². The van der Waals surface area contributed by atoms with Crippen molar-refractivity contribution in [2.75, 3.05) is 0 Å².